The molecule has 25 nitrogen and oxygen atoms in total. The van der Waals surface area contributed by atoms with Gasteiger partial charge in [0, 0.05) is 24.0 Å². The van der Waals surface area contributed by atoms with Crippen LogP contribution in [0.5, 0.6) is 11.6 Å². The predicted molar refractivity (Wildman–Crippen MR) is 265 cm³/mol. The molecule has 0 aliphatic heterocycles. The van der Waals surface area contributed by atoms with Crippen molar-refractivity contribution in [1.82, 2.24) is 14.4 Å². The summed E-state index contributed by atoms with van der Waals surface area (Å²) < 4.78 is 32.6. The Labute approximate surface area is 419 Å². The summed E-state index contributed by atoms with van der Waals surface area (Å²) in [4.78, 5) is 45.5. The molecule has 0 amide bonds. The van der Waals surface area contributed by atoms with Crippen molar-refractivity contribution in [1.29, 1.82) is 5.26 Å². The number of anilines is 1. The zero-order valence-electron chi connectivity index (χ0n) is 38.0. The second-order valence-electron chi connectivity index (χ2n) is 15.5. The number of nitriles is 1. The van der Waals surface area contributed by atoms with Crippen LogP contribution in [0, 0.1) is 25.2 Å². The summed E-state index contributed by atoms with van der Waals surface area (Å²) in [7, 11) is -3.67. The summed E-state index contributed by atoms with van der Waals surface area (Å²) in [6, 6.07) is 22.9. The SMILES string of the molecule is CS(=O)(=O)O.Cc1cc(N=Nc2c(SOOO)cc3ccc(N=Nc4c(C)c(C#N)c5nc6ccccc6n5c4O)cc3c2O)c(N(CCC(=O)O)CCC(=O)O)cc1N=Nc1nc2ccc(C(=O)O)cc2s1. The van der Waals surface area contributed by atoms with Crippen LogP contribution >= 0.6 is 23.4 Å². The van der Waals surface area contributed by atoms with E-state index < -0.39 is 33.8 Å². The Bertz CT molecular complexity index is 3730. The van der Waals surface area contributed by atoms with Gasteiger partial charge in [-0.2, -0.15) is 18.8 Å². The fourth-order valence-electron chi connectivity index (χ4n) is 7.15. The molecule has 0 aliphatic rings. The van der Waals surface area contributed by atoms with Gasteiger partial charge in [0.25, 0.3) is 10.1 Å². The number of carbonyl (C=O) groups is 3. The highest BCUT2D eigenvalue weighted by Crippen LogP contribution is 2.47. The van der Waals surface area contributed by atoms with Crippen molar-refractivity contribution in [3.63, 3.8) is 0 Å². The molecule has 8 rings (SSSR count). The Hall–Kier alpha value is -8.56. The first-order chi connectivity index (χ1) is 34.7. The molecule has 0 saturated carbocycles. The third-order valence-corrected chi connectivity index (χ3v) is 12.0. The van der Waals surface area contributed by atoms with Crippen LogP contribution in [0.15, 0.2) is 114 Å². The Morgan fingerprint density at radius 2 is 1.52 bits per heavy atom. The zero-order chi connectivity index (χ0) is 52.7. The van der Waals surface area contributed by atoms with Gasteiger partial charge < -0.3 is 30.4 Å². The van der Waals surface area contributed by atoms with E-state index in [-0.39, 0.29) is 98.1 Å². The third-order valence-electron chi connectivity index (χ3n) is 10.5. The summed E-state index contributed by atoms with van der Waals surface area (Å²) in [6.07, 6.45) is -0.0563. The van der Waals surface area contributed by atoms with Gasteiger partial charge in [0.15, 0.2) is 17.1 Å². The van der Waals surface area contributed by atoms with Crippen LogP contribution in [0.25, 0.3) is 37.7 Å². The zero-order valence-corrected chi connectivity index (χ0v) is 40.4. The lowest BCUT2D eigenvalue weighted by Gasteiger charge is -2.25. The lowest BCUT2D eigenvalue weighted by molar-refractivity contribution is -0.432. The van der Waals surface area contributed by atoms with Crippen molar-refractivity contribution in [3.05, 3.63) is 101 Å². The van der Waals surface area contributed by atoms with E-state index in [9.17, 15) is 53.6 Å². The van der Waals surface area contributed by atoms with Crippen LogP contribution in [-0.4, -0.2) is 95.4 Å². The molecule has 0 saturated heterocycles. The Balaban J connectivity index is 0.00000149. The molecule has 0 atom stereocenters. The number of aliphatic carboxylic acids is 2. The molecular weight excluding hydrogens is 1010 g/mol. The number of fused-ring (bicyclic) bond motifs is 5. The summed E-state index contributed by atoms with van der Waals surface area (Å²) >= 11 is 1.59. The maximum Gasteiger partial charge on any atom is 0.335 e. The number of azo groups is 3. The molecule has 3 aromatic heterocycles. The molecule has 73 heavy (non-hydrogen) atoms. The minimum absolute atomic E-state index is 0.0103. The Kier molecular flexibility index (Phi) is 15.9. The Morgan fingerprint density at radius 3 is 2.19 bits per heavy atom. The standard InChI is InChI=1S/C44H33N11O11S2.CH4O3S/c1-21-15-31(33(54(13-11-36(56)57)14-12-37(58)59)19-30(21)49-53-44-47-29-10-8-24(43(62)63)17-34(29)67-44)50-52-39-35(68-66-65-64)16-23-7-9-25(18-26(23)40(39)60)48-51-38-22(2)27(20-45)41-46-28-5-3-4-6-32(28)55(41)42(38)61;1-5(2,3)4/h3-10,15-19,60-61,64H,11-14H2,1-2H3,(H,56,57)(H,58,59)(H,62,63);1H3,(H,2,3,4). The summed E-state index contributed by atoms with van der Waals surface area (Å²) in [5.74, 6) is -4.14. The molecule has 0 aliphatic carbocycles. The van der Waals surface area contributed by atoms with Crippen LogP contribution in [0.4, 0.5) is 39.3 Å². The van der Waals surface area contributed by atoms with Gasteiger partial charge in [-0.3, -0.25) is 18.5 Å². The van der Waals surface area contributed by atoms with E-state index in [4.69, 9.17) is 14.1 Å². The first-order valence-corrected chi connectivity index (χ1v) is 24.3. The third kappa shape index (κ3) is 12.3. The number of para-hydroxylation sites is 2. The number of thiazole rings is 1. The number of phenolic OH excluding ortho intramolecular Hbond substituents is 1. The van der Waals surface area contributed by atoms with Gasteiger partial charge in [-0.25, -0.2) is 20.0 Å². The molecule has 0 radical (unpaired) electrons. The predicted octanol–water partition coefficient (Wildman–Crippen LogP) is 10.8. The fraction of sp³-hybridized carbons (Fsp3) is 0.156. The average Bonchev–Trinajstić information content (AvgIpc) is 3.94. The molecule has 0 fully saturated rings. The number of aromatic hydroxyl groups is 2. The number of aromatic nitrogens is 3. The number of imidazole rings is 1. The molecular formula is C45H37N11O14S3. The molecule has 374 valence electrons. The fourth-order valence-corrected chi connectivity index (χ4v) is 8.47. The van der Waals surface area contributed by atoms with Crippen molar-refractivity contribution < 1.29 is 67.5 Å². The van der Waals surface area contributed by atoms with Crippen molar-refractivity contribution in [2.75, 3.05) is 24.2 Å². The van der Waals surface area contributed by atoms with E-state index in [1.807, 2.05) is 0 Å². The van der Waals surface area contributed by atoms with Gasteiger partial charge in [0.05, 0.1) is 79.9 Å². The van der Waals surface area contributed by atoms with Crippen molar-refractivity contribution in [2.45, 2.75) is 31.6 Å². The maximum atomic E-state index is 11.8. The van der Waals surface area contributed by atoms with E-state index in [2.05, 4.69) is 51.8 Å². The quantitative estimate of drug-likeness (QED) is 0.0146. The average molecular weight is 1050 g/mol. The molecule has 8 aromatic rings. The minimum atomic E-state index is -3.67. The summed E-state index contributed by atoms with van der Waals surface area (Å²) in [6.45, 7) is 2.98. The molecule has 3 heterocycles. The van der Waals surface area contributed by atoms with Gasteiger partial charge in [0.2, 0.25) is 11.0 Å². The number of carboxylic acid groups (broad SMARTS) is 3. The minimum Gasteiger partial charge on any atom is -0.505 e. The number of rotatable bonds is 17. The highest BCUT2D eigenvalue weighted by Gasteiger charge is 2.22. The van der Waals surface area contributed by atoms with Crippen LogP contribution in [-0.2, 0) is 29.1 Å². The number of pyridine rings is 1. The largest absolute Gasteiger partial charge is 0.505 e. The number of phenols is 1. The number of aromatic carboxylic acids is 1. The second-order valence-corrected chi connectivity index (χ2v) is 18.7. The van der Waals surface area contributed by atoms with E-state index in [1.54, 1.807) is 68.4 Å². The second kappa shape index (κ2) is 22.2. The van der Waals surface area contributed by atoms with Gasteiger partial charge in [-0.1, -0.05) is 34.6 Å². The maximum absolute atomic E-state index is 11.8. The first-order valence-electron chi connectivity index (χ1n) is 20.9. The Morgan fingerprint density at radius 1 is 0.836 bits per heavy atom. The molecule has 5 aromatic carbocycles. The number of hydrogen-bond acceptors (Lipinski definition) is 22. The van der Waals surface area contributed by atoms with Crippen molar-refractivity contribution >= 4 is 128 Å². The van der Waals surface area contributed by atoms with Crippen LogP contribution in [0.2, 0.25) is 0 Å². The lowest BCUT2D eigenvalue weighted by Crippen LogP contribution is -2.28. The van der Waals surface area contributed by atoms with E-state index >= 15 is 0 Å². The van der Waals surface area contributed by atoms with E-state index in [0.29, 0.717) is 56.1 Å². The molecule has 0 bridgehead atoms. The van der Waals surface area contributed by atoms with Gasteiger partial charge in [0.1, 0.15) is 23.0 Å². The van der Waals surface area contributed by atoms with Crippen molar-refractivity contribution in [2.24, 2.45) is 30.7 Å². The molecule has 0 unspecified atom stereocenters. The van der Waals surface area contributed by atoms with Gasteiger partial charge >= 0.3 is 17.9 Å². The van der Waals surface area contributed by atoms with Gasteiger partial charge in [-0.15, -0.1) is 29.9 Å². The smallest absolute Gasteiger partial charge is 0.335 e. The summed E-state index contributed by atoms with van der Waals surface area (Å²) in [5, 5.41) is 102. The van der Waals surface area contributed by atoms with E-state index in [0.717, 1.165) is 11.3 Å². The highest BCUT2D eigenvalue weighted by molar-refractivity contribution is 7.94. The van der Waals surface area contributed by atoms with E-state index in [1.165, 1.54) is 33.6 Å². The number of benzene rings is 5. The number of aryl methyl sites for hydroxylation is 1. The molecule has 28 heteroatoms. The van der Waals surface area contributed by atoms with Crippen LogP contribution in [0.3, 0.4) is 0 Å². The number of hydrogen-bond donors (Lipinski definition) is 7. The normalized spacial score (nSPS) is 11.8. The molecule has 0 spiro atoms. The summed E-state index contributed by atoms with van der Waals surface area (Å²) in [5.41, 5.74) is 3.56. The molecule has 7 N–H and O–H groups in total. The highest BCUT2D eigenvalue weighted by atomic mass is 32.2. The van der Waals surface area contributed by atoms with Crippen LogP contribution < -0.4 is 4.90 Å². The first kappa shape index (κ1) is 52.3. The lowest BCUT2D eigenvalue weighted by atomic mass is 10.1. The van der Waals surface area contributed by atoms with Crippen molar-refractivity contribution in [3.8, 4) is 17.7 Å². The van der Waals surface area contributed by atoms with Crippen LogP contribution in [0.1, 0.15) is 39.9 Å². The van der Waals surface area contributed by atoms with Gasteiger partial charge in [-0.05, 0) is 85.5 Å². The topological polar surface area (TPSA) is 377 Å². The number of nitrogens with zero attached hydrogens (tertiary/aromatic N) is 11. The number of carboxylic acids is 3. The monoisotopic (exact) mass is 1050 g/mol.